The molecule has 0 spiro atoms. The zero-order chi connectivity index (χ0) is 4.12. The van der Waals surface area contributed by atoms with Crippen LogP contribution in [-0.4, -0.2) is 0 Å². The first-order valence-electron chi connectivity index (χ1n) is 1.57. The second-order valence-electron chi connectivity index (χ2n) is 0.717. The van der Waals surface area contributed by atoms with Gasteiger partial charge < -0.3 is 0 Å². The third-order valence-electron chi connectivity index (χ3n) is 0.303. The van der Waals surface area contributed by atoms with Gasteiger partial charge in [0.1, 0.15) is 0 Å². The van der Waals surface area contributed by atoms with E-state index in [2.05, 4.69) is 6.92 Å². The van der Waals surface area contributed by atoms with Crippen LogP contribution in [0.5, 0.6) is 0 Å². The molecule has 0 fully saturated rings. The molecule has 0 unspecified atom stereocenters. The lowest BCUT2D eigenvalue weighted by molar-refractivity contribution is 1.40. The van der Waals surface area contributed by atoms with Crippen molar-refractivity contribution in [1.29, 1.82) is 0 Å². The van der Waals surface area contributed by atoms with Gasteiger partial charge in [-0.05, 0) is 20.3 Å². The number of allylic oxidation sites excluding steroid dienone is 2. The molecule has 0 aliphatic heterocycles. The zero-order valence-corrected chi connectivity index (χ0v) is 3.15. The molecule has 0 aromatic carbocycles. The summed E-state index contributed by atoms with van der Waals surface area (Å²) in [6.07, 6.45) is 4.07. The molecule has 0 atom stereocenters. The number of rotatable bonds is 1. The molecule has 0 rings (SSSR count). The average Bonchev–Trinajstić information content (AvgIpc) is 1.41. The fourth-order valence-electron chi connectivity index (χ4n) is 0.0962. The van der Waals surface area contributed by atoms with Crippen LogP contribution in [0.4, 0.5) is 0 Å². The fourth-order valence-corrected chi connectivity index (χ4v) is 0.0962. The maximum absolute atomic E-state index is 4.92. The Labute approximate surface area is 33.5 Å². The molecule has 0 amide bonds. The monoisotopic (exact) mass is 67.1 g/mol. The lowest BCUT2D eigenvalue weighted by Gasteiger charge is -1.64. The average molecular weight is 67.1 g/mol. The van der Waals surface area contributed by atoms with Gasteiger partial charge in [-0.2, -0.15) is 0 Å². The van der Waals surface area contributed by atoms with Crippen LogP contribution in [0, 0.1) is 13.8 Å². The van der Waals surface area contributed by atoms with E-state index < -0.39 is 0 Å². The predicted molar refractivity (Wildman–Crippen MR) is 23.4 cm³/mol. The largest absolute Gasteiger partial charge is 0.0882 e. The standard InChI is InChI=1S/C5H7/c1-3-5-4-2/h1,3,5H,2,4H2/b5-3+. The van der Waals surface area contributed by atoms with Crippen molar-refractivity contribution >= 4 is 0 Å². The third kappa shape index (κ3) is 3.74. The molecule has 0 N–H and O–H groups in total. The molecule has 0 aromatic rings. The Hall–Kier alpha value is -0.260. The lowest BCUT2D eigenvalue weighted by Crippen LogP contribution is -1.44. The SMILES string of the molecule is [CH]/C=C/C[CH2]. The van der Waals surface area contributed by atoms with E-state index in [1.165, 1.54) is 6.08 Å². The first-order chi connectivity index (χ1) is 2.41. The molecule has 0 nitrogen and oxygen atoms in total. The molecule has 0 saturated heterocycles. The summed E-state index contributed by atoms with van der Waals surface area (Å²) >= 11 is 0. The van der Waals surface area contributed by atoms with Crippen molar-refractivity contribution in [2.45, 2.75) is 6.42 Å². The molecule has 5 heavy (non-hydrogen) atoms. The van der Waals surface area contributed by atoms with Crippen molar-refractivity contribution in [2.75, 3.05) is 0 Å². The normalized spacial score (nSPS) is 10.0. The minimum atomic E-state index is 0.788. The van der Waals surface area contributed by atoms with Crippen LogP contribution in [0.1, 0.15) is 6.42 Å². The van der Waals surface area contributed by atoms with E-state index in [9.17, 15) is 0 Å². The van der Waals surface area contributed by atoms with Crippen LogP contribution >= 0.6 is 0 Å². The Morgan fingerprint density at radius 3 is 2.40 bits per heavy atom. The van der Waals surface area contributed by atoms with Gasteiger partial charge in [0.2, 0.25) is 0 Å². The molecule has 0 heterocycles. The molecular weight excluding hydrogens is 60.1 g/mol. The highest BCUT2D eigenvalue weighted by Gasteiger charge is 1.52. The lowest BCUT2D eigenvalue weighted by atomic mass is 10.4. The van der Waals surface area contributed by atoms with Crippen LogP contribution in [0.15, 0.2) is 12.2 Å². The Morgan fingerprint density at radius 1 is 1.80 bits per heavy atom. The summed E-state index contributed by atoms with van der Waals surface area (Å²) in [7, 11) is 0. The molecule has 0 saturated carbocycles. The van der Waals surface area contributed by atoms with Crippen molar-refractivity contribution in [3.05, 3.63) is 26.0 Å². The van der Waals surface area contributed by atoms with E-state index in [1.54, 1.807) is 6.08 Å². The molecule has 0 heteroatoms. The molecular formula is C5H7. The second kappa shape index (κ2) is 3.74. The van der Waals surface area contributed by atoms with Gasteiger partial charge in [-0.3, -0.25) is 0 Å². The highest BCUT2D eigenvalue weighted by Crippen LogP contribution is 1.72. The summed E-state index contributed by atoms with van der Waals surface area (Å²) in [5, 5.41) is 0. The van der Waals surface area contributed by atoms with Crippen molar-refractivity contribution in [2.24, 2.45) is 0 Å². The summed E-state index contributed by atoms with van der Waals surface area (Å²) in [6, 6.07) is 0. The van der Waals surface area contributed by atoms with Crippen LogP contribution in [0.3, 0.4) is 0 Å². The Bertz CT molecular complexity index is 27.0. The summed E-state index contributed by atoms with van der Waals surface area (Å²) in [6.45, 7) is 8.43. The van der Waals surface area contributed by atoms with Crippen LogP contribution in [0.25, 0.3) is 0 Å². The third-order valence-corrected chi connectivity index (χ3v) is 0.303. The Morgan fingerprint density at radius 2 is 2.40 bits per heavy atom. The predicted octanol–water partition coefficient (Wildman–Crippen LogP) is 1.48. The Balaban J connectivity index is 2.62. The van der Waals surface area contributed by atoms with Gasteiger partial charge in [0.15, 0.2) is 0 Å². The summed E-state index contributed by atoms with van der Waals surface area (Å²) < 4.78 is 0. The van der Waals surface area contributed by atoms with Crippen LogP contribution < -0.4 is 0 Å². The van der Waals surface area contributed by atoms with Crippen molar-refractivity contribution < 1.29 is 0 Å². The van der Waals surface area contributed by atoms with Crippen molar-refractivity contribution in [3.63, 3.8) is 0 Å². The van der Waals surface area contributed by atoms with E-state index in [0.29, 0.717) is 0 Å². The number of hydrogen-bond donors (Lipinski definition) is 0. The van der Waals surface area contributed by atoms with E-state index in [0.717, 1.165) is 6.42 Å². The molecule has 27 valence electrons. The first kappa shape index (κ1) is 4.74. The molecule has 0 aromatic heterocycles. The topological polar surface area (TPSA) is 0 Å². The van der Waals surface area contributed by atoms with Crippen molar-refractivity contribution in [1.82, 2.24) is 0 Å². The zero-order valence-electron chi connectivity index (χ0n) is 3.15. The second-order valence-corrected chi connectivity index (χ2v) is 0.717. The van der Waals surface area contributed by atoms with Gasteiger partial charge in [-0.1, -0.05) is 12.2 Å². The minimum Gasteiger partial charge on any atom is -0.0882 e. The van der Waals surface area contributed by atoms with E-state index in [1.807, 2.05) is 0 Å². The highest BCUT2D eigenvalue weighted by atomic mass is 13.6. The van der Waals surface area contributed by atoms with Gasteiger partial charge in [0.05, 0.1) is 0 Å². The van der Waals surface area contributed by atoms with Crippen LogP contribution in [0.2, 0.25) is 0 Å². The molecule has 0 aliphatic rings. The summed E-state index contributed by atoms with van der Waals surface area (Å²) in [5.74, 6) is 0. The van der Waals surface area contributed by atoms with Gasteiger partial charge in [0, 0.05) is 0 Å². The molecule has 3 radical (unpaired) electrons. The summed E-state index contributed by atoms with van der Waals surface area (Å²) in [4.78, 5) is 0. The Kier molecular flexibility index (Phi) is 3.55. The van der Waals surface area contributed by atoms with Gasteiger partial charge in [-0.15, -0.1) is 0 Å². The van der Waals surface area contributed by atoms with Gasteiger partial charge in [0.25, 0.3) is 0 Å². The van der Waals surface area contributed by atoms with Crippen LogP contribution in [-0.2, 0) is 0 Å². The molecule has 0 bridgehead atoms. The van der Waals surface area contributed by atoms with Gasteiger partial charge in [-0.25, -0.2) is 0 Å². The first-order valence-corrected chi connectivity index (χ1v) is 1.57. The number of hydrogen-bond acceptors (Lipinski definition) is 0. The maximum Gasteiger partial charge on any atom is -0.00958 e. The van der Waals surface area contributed by atoms with E-state index in [-0.39, 0.29) is 0 Å². The minimum absolute atomic E-state index is 0.788. The van der Waals surface area contributed by atoms with Crippen molar-refractivity contribution in [3.8, 4) is 0 Å². The molecule has 0 aliphatic carbocycles. The maximum atomic E-state index is 4.92. The quantitative estimate of drug-likeness (QED) is 0.435. The van der Waals surface area contributed by atoms with Gasteiger partial charge >= 0.3 is 0 Å². The highest BCUT2D eigenvalue weighted by molar-refractivity contribution is 4.83. The fraction of sp³-hybridized carbons (Fsp3) is 0.200. The van der Waals surface area contributed by atoms with E-state index >= 15 is 0 Å². The summed E-state index contributed by atoms with van der Waals surface area (Å²) in [5.41, 5.74) is 0. The van der Waals surface area contributed by atoms with E-state index in [4.69, 9.17) is 6.92 Å². The smallest absolute Gasteiger partial charge is 0.00958 e.